The highest BCUT2D eigenvalue weighted by atomic mass is 32.2. The Morgan fingerprint density at radius 2 is 2.12 bits per heavy atom. The van der Waals surface area contributed by atoms with Gasteiger partial charge in [0.05, 0.1) is 12.0 Å². The van der Waals surface area contributed by atoms with Gasteiger partial charge in [0.1, 0.15) is 16.1 Å². The van der Waals surface area contributed by atoms with Crippen LogP contribution in [0.25, 0.3) is 6.08 Å². The number of thiocarbonyl (C=S) groups is 1. The molecule has 0 aliphatic carbocycles. The molecule has 5 nitrogen and oxygen atoms in total. The van der Waals surface area contributed by atoms with Crippen molar-refractivity contribution in [2.24, 2.45) is 0 Å². The molecule has 0 bridgehead atoms. The molecule has 2 rings (SSSR count). The van der Waals surface area contributed by atoms with E-state index in [1.807, 2.05) is 18.4 Å². The summed E-state index contributed by atoms with van der Waals surface area (Å²) < 4.78 is 5.39. The quantitative estimate of drug-likeness (QED) is 0.573. The molecular formula is C16H17NO4S3. The summed E-state index contributed by atoms with van der Waals surface area (Å²) in [5.74, 6) is -0.0194. The number of benzene rings is 1. The van der Waals surface area contributed by atoms with Gasteiger partial charge in [0.15, 0.2) is 0 Å². The van der Waals surface area contributed by atoms with Crippen LogP contribution in [-0.2, 0) is 9.59 Å². The highest BCUT2D eigenvalue weighted by molar-refractivity contribution is 8.26. The van der Waals surface area contributed by atoms with Crippen LogP contribution < -0.4 is 4.74 Å². The molecule has 0 spiro atoms. The highest BCUT2D eigenvalue weighted by Crippen LogP contribution is 2.35. The molecule has 1 amide bonds. The Morgan fingerprint density at radius 3 is 2.67 bits per heavy atom. The lowest BCUT2D eigenvalue weighted by molar-refractivity contribution is -0.145. The normalized spacial score (nSPS) is 17.4. The number of thioether (sulfide) groups is 2. The number of aliphatic carboxylic acids is 1. The van der Waals surface area contributed by atoms with E-state index in [9.17, 15) is 14.7 Å². The number of hydrogen-bond donors (Lipinski definition) is 1. The van der Waals surface area contributed by atoms with Crippen molar-refractivity contribution in [2.45, 2.75) is 12.5 Å². The maximum Gasteiger partial charge on any atom is 0.326 e. The Morgan fingerprint density at radius 1 is 1.46 bits per heavy atom. The molecule has 1 aromatic rings. The van der Waals surface area contributed by atoms with E-state index in [-0.39, 0.29) is 10.2 Å². The molecule has 0 aromatic heterocycles. The summed E-state index contributed by atoms with van der Waals surface area (Å²) >= 11 is 7.90. The molecule has 128 valence electrons. The Labute approximate surface area is 154 Å². The largest absolute Gasteiger partial charge is 0.497 e. The van der Waals surface area contributed by atoms with Crippen molar-refractivity contribution in [1.29, 1.82) is 0 Å². The molecular weight excluding hydrogens is 366 g/mol. The second kappa shape index (κ2) is 8.55. The zero-order chi connectivity index (χ0) is 17.7. The van der Waals surface area contributed by atoms with Gasteiger partial charge in [-0.15, -0.1) is 0 Å². The predicted octanol–water partition coefficient (Wildman–Crippen LogP) is 3.10. The lowest BCUT2D eigenvalue weighted by atomic mass is 10.1. The van der Waals surface area contributed by atoms with Crippen LogP contribution in [0, 0.1) is 0 Å². The van der Waals surface area contributed by atoms with Crippen LogP contribution in [0.1, 0.15) is 12.0 Å². The second-order valence-corrected chi connectivity index (χ2v) is 7.62. The van der Waals surface area contributed by atoms with E-state index in [0.717, 1.165) is 23.1 Å². The number of rotatable bonds is 7. The monoisotopic (exact) mass is 383 g/mol. The standard InChI is InChI=1S/C16H17NO4S3/c1-21-11-5-3-10(4-6-11)9-13-14(18)17(16(22)24-13)12(15(19)20)7-8-23-2/h3-6,9,12H,7-8H2,1-2H3,(H,19,20)/b13-9-/t12-/m0/s1. The molecule has 0 saturated carbocycles. The van der Waals surface area contributed by atoms with E-state index in [2.05, 4.69) is 0 Å². The molecule has 1 N–H and O–H groups in total. The average molecular weight is 384 g/mol. The van der Waals surface area contributed by atoms with Crippen molar-refractivity contribution in [3.05, 3.63) is 34.7 Å². The molecule has 1 aliphatic heterocycles. The lowest BCUT2D eigenvalue weighted by Crippen LogP contribution is -2.44. The minimum atomic E-state index is -1.04. The molecule has 8 heteroatoms. The van der Waals surface area contributed by atoms with Crippen LogP contribution in [0.5, 0.6) is 5.75 Å². The van der Waals surface area contributed by atoms with Gasteiger partial charge in [0.2, 0.25) is 0 Å². The van der Waals surface area contributed by atoms with Crippen molar-refractivity contribution in [3.8, 4) is 5.75 Å². The van der Waals surface area contributed by atoms with E-state index in [4.69, 9.17) is 17.0 Å². The van der Waals surface area contributed by atoms with Crippen molar-refractivity contribution in [3.63, 3.8) is 0 Å². The van der Waals surface area contributed by atoms with Gasteiger partial charge in [-0.3, -0.25) is 9.69 Å². The number of ether oxygens (including phenoxy) is 1. The minimum absolute atomic E-state index is 0.285. The summed E-state index contributed by atoms with van der Waals surface area (Å²) in [7, 11) is 1.58. The molecule has 1 aliphatic rings. The van der Waals surface area contributed by atoms with Crippen molar-refractivity contribution >= 4 is 58.0 Å². The number of amides is 1. The summed E-state index contributed by atoms with van der Waals surface area (Å²) in [6.45, 7) is 0. The van der Waals surface area contributed by atoms with Crippen molar-refractivity contribution < 1.29 is 19.4 Å². The van der Waals surface area contributed by atoms with Gasteiger partial charge < -0.3 is 9.84 Å². The molecule has 0 unspecified atom stereocenters. The molecule has 1 atom stereocenters. The first-order valence-electron chi connectivity index (χ1n) is 7.10. The smallest absolute Gasteiger partial charge is 0.326 e. The number of nitrogens with zero attached hydrogens (tertiary/aromatic N) is 1. The molecule has 1 fully saturated rings. The van der Waals surface area contributed by atoms with Crippen molar-refractivity contribution in [2.75, 3.05) is 19.1 Å². The van der Waals surface area contributed by atoms with Crippen LogP contribution in [0.2, 0.25) is 0 Å². The predicted molar refractivity (Wildman–Crippen MR) is 102 cm³/mol. The number of hydrogen-bond acceptors (Lipinski definition) is 6. The van der Waals surface area contributed by atoms with E-state index < -0.39 is 12.0 Å². The van der Waals surface area contributed by atoms with Crippen LogP contribution >= 0.6 is 35.7 Å². The Kier molecular flexibility index (Phi) is 6.70. The number of carboxylic acid groups (broad SMARTS) is 1. The molecule has 1 heterocycles. The average Bonchev–Trinajstić information content (AvgIpc) is 2.83. The zero-order valence-electron chi connectivity index (χ0n) is 13.2. The summed E-state index contributed by atoms with van der Waals surface area (Å²) in [5.41, 5.74) is 0.826. The van der Waals surface area contributed by atoms with Gasteiger partial charge >= 0.3 is 5.97 Å². The Bertz CT molecular complexity index is 672. The highest BCUT2D eigenvalue weighted by Gasteiger charge is 2.40. The number of carbonyl (C=O) groups excluding carboxylic acids is 1. The second-order valence-electron chi connectivity index (χ2n) is 4.96. The Hall–Kier alpha value is -1.51. The van der Waals surface area contributed by atoms with Gasteiger partial charge in [-0.2, -0.15) is 11.8 Å². The van der Waals surface area contributed by atoms with Crippen LogP contribution in [0.15, 0.2) is 29.2 Å². The van der Waals surface area contributed by atoms with Crippen molar-refractivity contribution in [1.82, 2.24) is 4.90 Å². The third kappa shape index (κ3) is 4.31. The SMILES string of the molecule is COc1ccc(/C=C2\SC(=S)N([C@@H](CCSC)C(=O)O)C2=O)cc1. The van der Waals surface area contributed by atoms with Gasteiger partial charge in [0.25, 0.3) is 5.91 Å². The molecule has 24 heavy (non-hydrogen) atoms. The summed E-state index contributed by atoms with van der Waals surface area (Å²) in [6, 6.07) is 6.32. The third-order valence-corrected chi connectivity index (χ3v) is 5.40. The van der Waals surface area contributed by atoms with E-state index in [1.54, 1.807) is 25.3 Å². The van der Waals surface area contributed by atoms with Gasteiger partial charge in [-0.05, 0) is 42.2 Å². The maximum absolute atomic E-state index is 12.6. The van der Waals surface area contributed by atoms with Crippen LogP contribution in [0.3, 0.4) is 0 Å². The first kappa shape index (κ1) is 18.8. The summed E-state index contributed by atoms with van der Waals surface area (Å²) in [6.07, 6.45) is 3.97. The lowest BCUT2D eigenvalue weighted by Gasteiger charge is -2.22. The van der Waals surface area contributed by atoms with Crippen LogP contribution in [-0.4, -0.2) is 51.4 Å². The molecule has 1 aromatic carbocycles. The Balaban J connectivity index is 2.23. The number of carbonyl (C=O) groups is 2. The van der Waals surface area contributed by atoms with Gasteiger partial charge in [-0.1, -0.05) is 36.1 Å². The van der Waals surface area contributed by atoms with Gasteiger partial charge in [-0.25, -0.2) is 4.79 Å². The van der Waals surface area contributed by atoms with E-state index >= 15 is 0 Å². The fourth-order valence-corrected chi connectivity index (χ4v) is 4.01. The van der Waals surface area contributed by atoms with E-state index in [0.29, 0.717) is 17.1 Å². The van der Waals surface area contributed by atoms with Gasteiger partial charge in [0, 0.05) is 0 Å². The van der Waals surface area contributed by atoms with Crippen LogP contribution in [0.4, 0.5) is 0 Å². The summed E-state index contributed by atoms with van der Waals surface area (Å²) in [4.78, 5) is 25.8. The maximum atomic E-state index is 12.6. The minimum Gasteiger partial charge on any atom is -0.497 e. The summed E-state index contributed by atoms with van der Waals surface area (Å²) in [5, 5.41) is 9.42. The first-order valence-corrected chi connectivity index (χ1v) is 9.72. The fraction of sp³-hybridized carbons (Fsp3) is 0.312. The fourth-order valence-electron chi connectivity index (χ4n) is 2.19. The molecule has 1 saturated heterocycles. The van der Waals surface area contributed by atoms with E-state index in [1.165, 1.54) is 16.7 Å². The first-order chi connectivity index (χ1) is 11.5. The molecule has 0 radical (unpaired) electrons. The third-order valence-electron chi connectivity index (χ3n) is 3.43. The zero-order valence-corrected chi connectivity index (χ0v) is 15.7. The topological polar surface area (TPSA) is 66.8 Å². The number of carboxylic acids is 1. The number of methoxy groups -OCH3 is 1.